The van der Waals surface area contributed by atoms with Crippen LogP contribution in [0.15, 0.2) is 71.1 Å². The van der Waals surface area contributed by atoms with E-state index in [0.717, 1.165) is 38.8 Å². The highest BCUT2D eigenvalue weighted by atomic mass is 16.5. The fourth-order valence-electron chi connectivity index (χ4n) is 2.86. The highest BCUT2D eigenvalue weighted by Crippen LogP contribution is 2.41. The second-order valence-corrected chi connectivity index (χ2v) is 4.98. The first-order valence-electron chi connectivity index (χ1n) is 6.92. The molecule has 1 aromatic heterocycles. The molecule has 0 bridgehead atoms. The van der Waals surface area contributed by atoms with Gasteiger partial charge < -0.3 is 9.15 Å². The van der Waals surface area contributed by atoms with Gasteiger partial charge in [-0.05, 0) is 23.8 Å². The smallest absolute Gasteiger partial charge is 0.136 e. The Hall–Kier alpha value is -2.74. The van der Waals surface area contributed by atoms with Gasteiger partial charge in [0.05, 0.1) is 7.11 Å². The largest absolute Gasteiger partial charge is 0.496 e. The topological polar surface area (TPSA) is 22.4 Å². The third-order valence-electron chi connectivity index (χ3n) is 3.79. The summed E-state index contributed by atoms with van der Waals surface area (Å²) in [5, 5.41) is 2.22. The van der Waals surface area contributed by atoms with Crippen molar-refractivity contribution in [1.82, 2.24) is 0 Å². The first-order chi connectivity index (χ1) is 10.4. The lowest BCUT2D eigenvalue weighted by molar-refractivity contribution is 0.417. The molecular weight excluding hydrogens is 260 g/mol. The van der Waals surface area contributed by atoms with Crippen LogP contribution in [0.5, 0.6) is 5.75 Å². The Morgan fingerprint density at radius 3 is 2.33 bits per heavy atom. The summed E-state index contributed by atoms with van der Waals surface area (Å²) < 4.78 is 11.5. The van der Waals surface area contributed by atoms with Crippen molar-refractivity contribution in [2.45, 2.75) is 0 Å². The summed E-state index contributed by atoms with van der Waals surface area (Å²) in [6, 6.07) is 22.3. The minimum atomic E-state index is 0.861. The van der Waals surface area contributed by atoms with Crippen LogP contribution in [0.3, 0.4) is 0 Å². The number of methoxy groups -OCH3 is 1. The van der Waals surface area contributed by atoms with Gasteiger partial charge in [-0.2, -0.15) is 0 Å². The van der Waals surface area contributed by atoms with Crippen LogP contribution in [-0.2, 0) is 0 Å². The number of hydrogen-bond donors (Lipinski definition) is 0. The maximum Gasteiger partial charge on any atom is 0.136 e. The first kappa shape index (κ1) is 12.0. The van der Waals surface area contributed by atoms with Crippen molar-refractivity contribution in [2.24, 2.45) is 0 Å². The van der Waals surface area contributed by atoms with E-state index in [2.05, 4.69) is 18.2 Å². The van der Waals surface area contributed by atoms with Gasteiger partial charge in [-0.3, -0.25) is 0 Å². The molecule has 0 saturated carbocycles. The van der Waals surface area contributed by atoms with Gasteiger partial charge in [0.2, 0.25) is 0 Å². The average molecular weight is 274 g/mol. The molecule has 4 aromatic rings. The van der Waals surface area contributed by atoms with Gasteiger partial charge in [-0.25, -0.2) is 0 Å². The highest BCUT2D eigenvalue weighted by Gasteiger charge is 2.16. The molecule has 2 heteroatoms. The molecule has 3 aromatic carbocycles. The van der Waals surface area contributed by atoms with Crippen molar-refractivity contribution in [1.29, 1.82) is 0 Å². The molecular formula is C19H14O2. The van der Waals surface area contributed by atoms with Gasteiger partial charge in [-0.15, -0.1) is 0 Å². The molecule has 1 heterocycles. The zero-order chi connectivity index (χ0) is 14.2. The Kier molecular flexibility index (Phi) is 2.68. The van der Waals surface area contributed by atoms with E-state index < -0.39 is 0 Å². The molecule has 0 aliphatic carbocycles. The lowest BCUT2D eigenvalue weighted by Crippen LogP contribution is -1.88. The third-order valence-corrected chi connectivity index (χ3v) is 3.79. The number of benzene rings is 3. The molecule has 2 nitrogen and oxygen atoms in total. The number of hydrogen-bond acceptors (Lipinski definition) is 2. The summed E-state index contributed by atoms with van der Waals surface area (Å²) in [5.41, 5.74) is 4.00. The normalized spacial score (nSPS) is 11.1. The van der Waals surface area contributed by atoms with E-state index in [-0.39, 0.29) is 0 Å². The van der Waals surface area contributed by atoms with Gasteiger partial charge in [-0.1, -0.05) is 48.5 Å². The van der Waals surface area contributed by atoms with Gasteiger partial charge in [0, 0.05) is 16.3 Å². The molecule has 0 fully saturated rings. The third kappa shape index (κ3) is 1.80. The molecule has 0 unspecified atom stereocenters. The van der Waals surface area contributed by atoms with E-state index in [1.165, 1.54) is 0 Å². The molecule has 0 spiro atoms. The first-order valence-corrected chi connectivity index (χ1v) is 6.92. The minimum Gasteiger partial charge on any atom is -0.496 e. The van der Waals surface area contributed by atoms with E-state index in [9.17, 15) is 0 Å². The lowest BCUT2D eigenvalue weighted by Gasteiger charge is -2.10. The molecule has 0 aliphatic heterocycles. The second kappa shape index (κ2) is 4.67. The summed E-state index contributed by atoms with van der Waals surface area (Å²) in [6.45, 7) is 0. The summed E-state index contributed by atoms with van der Waals surface area (Å²) >= 11 is 0. The summed E-state index contributed by atoms with van der Waals surface area (Å²) in [5.74, 6) is 0.861. The maximum absolute atomic E-state index is 5.96. The van der Waals surface area contributed by atoms with Crippen LogP contribution in [0.25, 0.3) is 33.1 Å². The number of ether oxygens (including phenoxy) is 1. The Balaban J connectivity index is 2.20. The van der Waals surface area contributed by atoms with Gasteiger partial charge in [0.25, 0.3) is 0 Å². The number of furan rings is 1. The van der Waals surface area contributed by atoms with Crippen molar-refractivity contribution in [2.75, 3.05) is 7.11 Å². The van der Waals surface area contributed by atoms with Crippen LogP contribution in [0.2, 0.25) is 0 Å². The van der Waals surface area contributed by atoms with Crippen LogP contribution in [0.1, 0.15) is 0 Å². The predicted molar refractivity (Wildman–Crippen MR) is 85.7 cm³/mol. The van der Waals surface area contributed by atoms with Crippen LogP contribution in [0, 0.1) is 0 Å². The quantitative estimate of drug-likeness (QED) is 0.497. The summed E-state index contributed by atoms with van der Waals surface area (Å²) in [6.07, 6.45) is 0. The van der Waals surface area contributed by atoms with Crippen molar-refractivity contribution in [3.63, 3.8) is 0 Å². The molecule has 0 radical (unpaired) electrons. The average Bonchev–Trinajstić information content (AvgIpc) is 2.93. The van der Waals surface area contributed by atoms with Gasteiger partial charge in [0.15, 0.2) is 0 Å². The molecule has 0 atom stereocenters. The van der Waals surface area contributed by atoms with E-state index >= 15 is 0 Å². The van der Waals surface area contributed by atoms with E-state index in [1.54, 1.807) is 7.11 Å². The van der Waals surface area contributed by atoms with Crippen molar-refractivity contribution >= 4 is 21.9 Å². The maximum atomic E-state index is 5.96. The monoisotopic (exact) mass is 274 g/mol. The SMILES string of the molecule is COc1ccc2oc3ccccc3c2c1-c1ccccc1. The lowest BCUT2D eigenvalue weighted by atomic mass is 9.98. The Morgan fingerprint density at radius 2 is 1.52 bits per heavy atom. The molecule has 4 rings (SSSR count). The van der Waals surface area contributed by atoms with E-state index in [4.69, 9.17) is 9.15 Å². The summed E-state index contributed by atoms with van der Waals surface area (Å²) in [4.78, 5) is 0. The predicted octanol–water partition coefficient (Wildman–Crippen LogP) is 5.26. The van der Waals surface area contributed by atoms with E-state index in [1.807, 2.05) is 48.5 Å². The second-order valence-electron chi connectivity index (χ2n) is 4.98. The van der Waals surface area contributed by atoms with Crippen LogP contribution >= 0.6 is 0 Å². The molecule has 0 N–H and O–H groups in total. The number of para-hydroxylation sites is 1. The van der Waals surface area contributed by atoms with Crippen LogP contribution in [0.4, 0.5) is 0 Å². The highest BCUT2D eigenvalue weighted by molar-refractivity contribution is 6.13. The molecule has 0 saturated heterocycles. The van der Waals surface area contributed by atoms with Gasteiger partial charge >= 0.3 is 0 Å². The summed E-state index contributed by atoms with van der Waals surface area (Å²) in [7, 11) is 1.70. The zero-order valence-corrected chi connectivity index (χ0v) is 11.7. The Morgan fingerprint density at radius 1 is 0.762 bits per heavy atom. The Bertz CT molecular complexity index is 920. The molecule has 102 valence electrons. The van der Waals surface area contributed by atoms with Crippen LogP contribution in [-0.4, -0.2) is 7.11 Å². The minimum absolute atomic E-state index is 0.861. The molecule has 0 aliphatic rings. The fraction of sp³-hybridized carbons (Fsp3) is 0.0526. The van der Waals surface area contributed by atoms with Crippen molar-refractivity contribution in [3.05, 3.63) is 66.7 Å². The molecule has 21 heavy (non-hydrogen) atoms. The zero-order valence-electron chi connectivity index (χ0n) is 11.7. The Labute approximate surface area is 122 Å². The van der Waals surface area contributed by atoms with Crippen LogP contribution < -0.4 is 4.74 Å². The number of fused-ring (bicyclic) bond motifs is 3. The number of rotatable bonds is 2. The fourth-order valence-corrected chi connectivity index (χ4v) is 2.86. The van der Waals surface area contributed by atoms with Gasteiger partial charge in [0.1, 0.15) is 16.9 Å². The molecule has 0 amide bonds. The standard InChI is InChI=1S/C19H14O2/c1-20-16-11-12-17-19(14-9-5-6-10-15(14)21-17)18(16)13-7-3-2-4-8-13/h2-12H,1H3. The van der Waals surface area contributed by atoms with Crippen molar-refractivity contribution in [3.8, 4) is 16.9 Å². The van der Waals surface area contributed by atoms with Crippen molar-refractivity contribution < 1.29 is 9.15 Å². The van der Waals surface area contributed by atoms with E-state index in [0.29, 0.717) is 0 Å².